The van der Waals surface area contributed by atoms with Gasteiger partial charge in [-0.1, -0.05) is 13.8 Å². The normalized spacial score (nSPS) is 12.2. The molecule has 7 nitrogen and oxygen atoms in total. The predicted molar refractivity (Wildman–Crippen MR) is 94.9 cm³/mol. The Labute approximate surface area is 148 Å². The van der Waals surface area contributed by atoms with Gasteiger partial charge in [0.15, 0.2) is 0 Å². The molecule has 0 heterocycles. The summed E-state index contributed by atoms with van der Waals surface area (Å²) in [4.78, 5) is 23.6. The smallest absolute Gasteiger partial charge is 0.305 e. The van der Waals surface area contributed by atoms with Crippen LogP contribution in [0, 0.1) is 0 Å². The number of benzene rings is 1. The third-order valence-electron chi connectivity index (χ3n) is 4.04. The van der Waals surface area contributed by atoms with E-state index >= 15 is 0 Å². The van der Waals surface area contributed by atoms with E-state index < -0.39 is 27.4 Å². The quantitative estimate of drug-likeness (QED) is 0.616. The number of aliphatic carboxylic acids is 1. The van der Waals surface area contributed by atoms with E-state index in [4.69, 9.17) is 5.11 Å². The molecule has 0 aliphatic heterocycles. The van der Waals surface area contributed by atoms with Crippen LogP contribution in [0.2, 0.25) is 0 Å². The fourth-order valence-electron chi connectivity index (χ4n) is 2.49. The van der Waals surface area contributed by atoms with E-state index in [0.717, 1.165) is 0 Å². The molecular formula is C17H26N2O5S. The number of nitrogens with one attached hydrogen (secondary N) is 2. The molecular weight excluding hydrogens is 344 g/mol. The van der Waals surface area contributed by atoms with Gasteiger partial charge in [-0.05, 0) is 51.0 Å². The lowest BCUT2D eigenvalue weighted by atomic mass is 9.88. The Bertz CT molecular complexity index is 707. The van der Waals surface area contributed by atoms with Crippen LogP contribution >= 0.6 is 0 Å². The molecule has 1 rings (SSSR count). The van der Waals surface area contributed by atoms with Gasteiger partial charge >= 0.3 is 5.97 Å². The van der Waals surface area contributed by atoms with Crippen molar-refractivity contribution in [3.63, 3.8) is 0 Å². The highest BCUT2D eigenvalue weighted by Crippen LogP contribution is 2.21. The summed E-state index contributed by atoms with van der Waals surface area (Å²) in [6.07, 6.45) is 0.787. The molecule has 0 fully saturated rings. The highest BCUT2D eigenvalue weighted by atomic mass is 32.2. The molecule has 140 valence electrons. The second kappa shape index (κ2) is 8.44. The number of rotatable bonds is 9. The average Bonchev–Trinajstić information content (AvgIpc) is 2.52. The topological polar surface area (TPSA) is 113 Å². The van der Waals surface area contributed by atoms with Gasteiger partial charge in [-0.3, -0.25) is 9.59 Å². The van der Waals surface area contributed by atoms with Crippen molar-refractivity contribution in [3.05, 3.63) is 29.8 Å². The molecule has 0 aromatic heterocycles. The summed E-state index contributed by atoms with van der Waals surface area (Å²) in [5.41, 5.74) is -0.549. The van der Waals surface area contributed by atoms with Crippen LogP contribution in [0.15, 0.2) is 29.2 Å². The summed E-state index contributed by atoms with van der Waals surface area (Å²) in [5, 5.41) is 11.9. The van der Waals surface area contributed by atoms with Gasteiger partial charge in [0.1, 0.15) is 0 Å². The first-order valence-corrected chi connectivity index (χ1v) is 9.70. The number of carbonyl (C=O) groups excluding carboxylic acids is 1. The summed E-state index contributed by atoms with van der Waals surface area (Å²) in [5.74, 6) is -1.41. The number of hydrogen-bond donors (Lipinski definition) is 3. The molecule has 25 heavy (non-hydrogen) atoms. The van der Waals surface area contributed by atoms with E-state index in [-0.39, 0.29) is 22.9 Å². The highest BCUT2D eigenvalue weighted by molar-refractivity contribution is 7.89. The number of amides is 1. The number of sulfonamides is 1. The summed E-state index contributed by atoms with van der Waals surface area (Å²) in [7, 11) is -3.62. The number of hydrogen-bond acceptors (Lipinski definition) is 4. The number of carboxylic acids is 1. The van der Waals surface area contributed by atoms with Crippen LogP contribution in [0.25, 0.3) is 0 Å². The van der Waals surface area contributed by atoms with E-state index in [1.807, 2.05) is 13.8 Å². The monoisotopic (exact) mass is 370 g/mol. The molecule has 3 N–H and O–H groups in total. The van der Waals surface area contributed by atoms with Gasteiger partial charge < -0.3 is 10.4 Å². The zero-order valence-electron chi connectivity index (χ0n) is 15.0. The molecule has 0 radical (unpaired) electrons. The largest absolute Gasteiger partial charge is 0.481 e. The maximum atomic E-state index is 12.4. The first kappa shape index (κ1) is 21.1. The standard InChI is InChI=1S/C17H26N2O5S/c1-5-17(6-2,11-15(20)21)18-16(22)13-7-9-14(10-8-13)25(23,24)19-12(3)4/h7-10,12,19H,5-6,11H2,1-4H3,(H,18,22)(H,20,21). The molecule has 0 unspecified atom stereocenters. The van der Waals surface area contributed by atoms with Crippen LogP contribution in [-0.2, 0) is 14.8 Å². The zero-order valence-corrected chi connectivity index (χ0v) is 15.8. The van der Waals surface area contributed by atoms with Crippen LogP contribution in [0.4, 0.5) is 0 Å². The van der Waals surface area contributed by atoms with Crippen LogP contribution in [0.5, 0.6) is 0 Å². The van der Waals surface area contributed by atoms with Gasteiger partial charge in [0, 0.05) is 11.6 Å². The second-order valence-corrected chi connectivity index (χ2v) is 8.03. The fraction of sp³-hybridized carbons (Fsp3) is 0.529. The van der Waals surface area contributed by atoms with Gasteiger partial charge in [-0.2, -0.15) is 0 Å². The number of carbonyl (C=O) groups is 2. The van der Waals surface area contributed by atoms with E-state index in [2.05, 4.69) is 10.0 Å². The van der Waals surface area contributed by atoms with Crippen molar-refractivity contribution in [2.75, 3.05) is 0 Å². The molecule has 1 aromatic rings. The van der Waals surface area contributed by atoms with Crippen molar-refractivity contribution >= 4 is 21.9 Å². The van der Waals surface area contributed by atoms with Gasteiger partial charge in [0.05, 0.1) is 16.9 Å². The van der Waals surface area contributed by atoms with E-state index in [0.29, 0.717) is 12.8 Å². The highest BCUT2D eigenvalue weighted by Gasteiger charge is 2.31. The lowest BCUT2D eigenvalue weighted by Gasteiger charge is -2.31. The minimum absolute atomic E-state index is 0.0699. The van der Waals surface area contributed by atoms with E-state index in [1.54, 1.807) is 13.8 Å². The van der Waals surface area contributed by atoms with Crippen molar-refractivity contribution in [1.29, 1.82) is 0 Å². The zero-order chi connectivity index (χ0) is 19.3. The van der Waals surface area contributed by atoms with Crippen LogP contribution < -0.4 is 10.0 Å². The maximum absolute atomic E-state index is 12.4. The van der Waals surface area contributed by atoms with Gasteiger partial charge in [0.25, 0.3) is 5.91 Å². The molecule has 0 spiro atoms. The fourth-order valence-corrected chi connectivity index (χ4v) is 3.74. The molecule has 0 bridgehead atoms. The first-order valence-electron chi connectivity index (χ1n) is 8.22. The molecule has 0 saturated carbocycles. The molecule has 0 aliphatic carbocycles. The molecule has 8 heteroatoms. The second-order valence-electron chi connectivity index (χ2n) is 6.31. The molecule has 0 aliphatic rings. The van der Waals surface area contributed by atoms with Crippen molar-refractivity contribution in [2.24, 2.45) is 0 Å². The third-order valence-corrected chi connectivity index (χ3v) is 5.71. The Balaban J connectivity index is 2.98. The summed E-state index contributed by atoms with van der Waals surface area (Å²) < 4.78 is 26.6. The Morgan fingerprint density at radius 3 is 2.04 bits per heavy atom. The van der Waals surface area contributed by atoms with Crippen LogP contribution in [0.3, 0.4) is 0 Å². The minimum atomic E-state index is -3.62. The Morgan fingerprint density at radius 1 is 1.12 bits per heavy atom. The SMILES string of the molecule is CCC(CC)(CC(=O)O)NC(=O)c1ccc(S(=O)(=O)NC(C)C)cc1. The third kappa shape index (κ3) is 5.82. The Hall–Kier alpha value is -1.93. The van der Waals surface area contributed by atoms with Gasteiger partial charge in [0.2, 0.25) is 10.0 Å². The van der Waals surface area contributed by atoms with Crippen molar-refractivity contribution in [2.45, 2.75) is 63.4 Å². The first-order chi connectivity index (χ1) is 11.5. The Morgan fingerprint density at radius 2 is 1.64 bits per heavy atom. The molecule has 1 aromatic carbocycles. The molecule has 1 amide bonds. The van der Waals surface area contributed by atoms with Crippen molar-refractivity contribution in [3.8, 4) is 0 Å². The summed E-state index contributed by atoms with van der Waals surface area (Å²) in [6.45, 7) is 7.08. The van der Waals surface area contributed by atoms with Crippen molar-refractivity contribution < 1.29 is 23.1 Å². The molecule has 0 atom stereocenters. The van der Waals surface area contributed by atoms with Gasteiger partial charge in [-0.15, -0.1) is 0 Å². The van der Waals surface area contributed by atoms with Crippen LogP contribution in [0.1, 0.15) is 57.3 Å². The van der Waals surface area contributed by atoms with E-state index in [9.17, 15) is 18.0 Å². The molecule has 0 saturated heterocycles. The van der Waals surface area contributed by atoms with Gasteiger partial charge in [-0.25, -0.2) is 13.1 Å². The van der Waals surface area contributed by atoms with Crippen molar-refractivity contribution in [1.82, 2.24) is 10.0 Å². The lowest BCUT2D eigenvalue weighted by Crippen LogP contribution is -2.49. The maximum Gasteiger partial charge on any atom is 0.305 e. The summed E-state index contributed by atoms with van der Waals surface area (Å²) in [6, 6.07) is 5.31. The lowest BCUT2D eigenvalue weighted by molar-refractivity contribution is -0.138. The summed E-state index contributed by atoms with van der Waals surface area (Å²) >= 11 is 0. The Kier molecular flexibility index (Phi) is 7.13. The number of carboxylic acid groups (broad SMARTS) is 1. The minimum Gasteiger partial charge on any atom is -0.481 e. The van der Waals surface area contributed by atoms with Crippen LogP contribution in [-0.4, -0.2) is 37.0 Å². The average molecular weight is 370 g/mol. The predicted octanol–water partition coefficient (Wildman–Crippen LogP) is 2.14. The van der Waals surface area contributed by atoms with E-state index in [1.165, 1.54) is 24.3 Å².